The van der Waals surface area contributed by atoms with Gasteiger partial charge in [0.2, 0.25) is 0 Å². The number of nitrogens with zero attached hydrogens (tertiary/aromatic N) is 2. The molecule has 0 aliphatic rings. The van der Waals surface area contributed by atoms with E-state index in [-0.39, 0.29) is 0 Å². The quantitative estimate of drug-likeness (QED) is 0.796. The molecule has 16 heavy (non-hydrogen) atoms. The fraction of sp³-hybridized carbons (Fsp3) is 0.538. The van der Waals surface area contributed by atoms with Crippen LogP contribution in [0.3, 0.4) is 0 Å². The lowest BCUT2D eigenvalue weighted by Gasteiger charge is -2.13. The van der Waals surface area contributed by atoms with E-state index < -0.39 is 0 Å². The van der Waals surface area contributed by atoms with Gasteiger partial charge in [0.05, 0.1) is 0 Å². The molecule has 0 radical (unpaired) electrons. The maximum atomic E-state index is 8.88. The molecule has 0 aromatic carbocycles. The van der Waals surface area contributed by atoms with Crippen LogP contribution in [-0.2, 0) is 6.54 Å². The zero-order valence-electron chi connectivity index (χ0n) is 10.0. The summed E-state index contributed by atoms with van der Waals surface area (Å²) in [6.45, 7) is 6.15. The van der Waals surface area contributed by atoms with Crippen molar-refractivity contribution in [1.29, 1.82) is 5.26 Å². The summed E-state index contributed by atoms with van der Waals surface area (Å²) in [7, 11) is 0. The third-order valence-electron chi connectivity index (χ3n) is 2.90. The molecule has 0 spiro atoms. The number of nitrogens with one attached hydrogen (secondary N) is 1. The van der Waals surface area contributed by atoms with Crippen molar-refractivity contribution in [3.63, 3.8) is 0 Å². The molecule has 86 valence electrons. The topological polar surface area (TPSA) is 48.7 Å². The van der Waals surface area contributed by atoms with Crippen molar-refractivity contribution < 1.29 is 0 Å². The van der Waals surface area contributed by atoms with Crippen molar-refractivity contribution in [2.45, 2.75) is 33.2 Å². The first kappa shape index (κ1) is 12.7. The van der Waals surface area contributed by atoms with Gasteiger partial charge in [0.1, 0.15) is 11.8 Å². The summed E-state index contributed by atoms with van der Waals surface area (Å²) in [5.41, 5.74) is 1.51. The van der Waals surface area contributed by atoms with Crippen molar-refractivity contribution >= 4 is 0 Å². The van der Waals surface area contributed by atoms with E-state index in [4.69, 9.17) is 5.26 Å². The minimum atomic E-state index is 0.527. The van der Waals surface area contributed by atoms with Gasteiger partial charge in [-0.1, -0.05) is 32.8 Å². The minimum Gasteiger partial charge on any atom is -0.312 e. The molecule has 0 aliphatic carbocycles. The molecule has 1 aromatic heterocycles. The Bertz CT molecular complexity index is 350. The first-order valence-electron chi connectivity index (χ1n) is 5.86. The molecule has 0 fully saturated rings. The van der Waals surface area contributed by atoms with Crippen LogP contribution in [0.4, 0.5) is 0 Å². The number of nitriles is 1. The third-order valence-corrected chi connectivity index (χ3v) is 2.90. The Morgan fingerprint density at radius 3 is 2.81 bits per heavy atom. The van der Waals surface area contributed by atoms with Gasteiger partial charge in [-0.05, 0) is 18.5 Å². The van der Waals surface area contributed by atoms with Crippen molar-refractivity contribution in [3.05, 3.63) is 29.6 Å². The lowest BCUT2D eigenvalue weighted by Crippen LogP contribution is -2.22. The smallest absolute Gasteiger partial charge is 0.144 e. The third kappa shape index (κ3) is 3.63. The molecule has 1 heterocycles. The normalized spacial score (nSPS) is 10.4. The van der Waals surface area contributed by atoms with E-state index in [0.29, 0.717) is 5.69 Å². The number of hydrogen-bond donors (Lipinski definition) is 1. The van der Waals surface area contributed by atoms with Crippen LogP contribution in [0, 0.1) is 17.2 Å². The standard InChI is InChI=1S/C13H19N3/c1-3-11(4-2)9-15-10-12-6-5-7-16-13(12)8-14/h5-7,11,15H,3-4,9-10H2,1-2H3. The largest absolute Gasteiger partial charge is 0.312 e. The van der Waals surface area contributed by atoms with Gasteiger partial charge in [-0.25, -0.2) is 4.98 Å². The molecule has 3 heteroatoms. The van der Waals surface area contributed by atoms with Crippen molar-refractivity contribution in [1.82, 2.24) is 10.3 Å². The summed E-state index contributed by atoms with van der Waals surface area (Å²) in [6.07, 6.45) is 4.05. The highest BCUT2D eigenvalue weighted by molar-refractivity contribution is 5.30. The summed E-state index contributed by atoms with van der Waals surface area (Å²) >= 11 is 0. The molecule has 0 unspecified atom stereocenters. The maximum Gasteiger partial charge on any atom is 0.144 e. The summed E-state index contributed by atoms with van der Waals surface area (Å²) in [4.78, 5) is 4.03. The highest BCUT2D eigenvalue weighted by Gasteiger charge is 2.04. The molecule has 1 rings (SSSR count). The summed E-state index contributed by atoms with van der Waals surface area (Å²) in [6, 6.07) is 5.93. The van der Waals surface area contributed by atoms with Crippen LogP contribution in [0.5, 0.6) is 0 Å². The van der Waals surface area contributed by atoms with Gasteiger partial charge in [-0.15, -0.1) is 0 Å². The van der Waals surface area contributed by atoms with E-state index in [9.17, 15) is 0 Å². The highest BCUT2D eigenvalue weighted by Crippen LogP contribution is 2.07. The average molecular weight is 217 g/mol. The molecular formula is C13H19N3. The van der Waals surface area contributed by atoms with E-state index in [1.54, 1.807) is 6.20 Å². The van der Waals surface area contributed by atoms with Crippen LogP contribution in [0.25, 0.3) is 0 Å². The van der Waals surface area contributed by atoms with E-state index in [1.165, 1.54) is 12.8 Å². The fourth-order valence-corrected chi connectivity index (χ4v) is 1.67. The molecule has 3 nitrogen and oxygen atoms in total. The number of pyridine rings is 1. The van der Waals surface area contributed by atoms with E-state index in [0.717, 1.165) is 24.6 Å². The molecule has 0 atom stereocenters. The summed E-state index contributed by atoms with van der Waals surface area (Å²) < 4.78 is 0. The monoisotopic (exact) mass is 217 g/mol. The van der Waals surface area contributed by atoms with Crippen molar-refractivity contribution in [3.8, 4) is 6.07 Å². The number of aromatic nitrogens is 1. The Labute approximate surface area is 97.5 Å². The molecule has 1 aromatic rings. The highest BCUT2D eigenvalue weighted by atomic mass is 14.9. The second kappa shape index (κ2) is 6.97. The van der Waals surface area contributed by atoms with E-state index in [1.807, 2.05) is 12.1 Å². The van der Waals surface area contributed by atoms with Crippen LogP contribution in [0.1, 0.15) is 37.9 Å². The van der Waals surface area contributed by atoms with Crippen LogP contribution in [0.2, 0.25) is 0 Å². The molecule has 1 N–H and O–H groups in total. The lowest BCUT2D eigenvalue weighted by molar-refractivity contribution is 0.449. The second-order valence-corrected chi connectivity index (χ2v) is 3.94. The first-order chi connectivity index (χ1) is 7.81. The Balaban J connectivity index is 2.46. The molecule has 0 saturated heterocycles. The van der Waals surface area contributed by atoms with Crippen LogP contribution < -0.4 is 5.32 Å². The minimum absolute atomic E-state index is 0.527. The SMILES string of the molecule is CCC(CC)CNCc1cccnc1C#N. The molecule has 0 aliphatic heterocycles. The van der Waals surface area contributed by atoms with Crippen molar-refractivity contribution in [2.75, 3.05) is 6.54 Å². The lowest BCUT2D eigenvalue weighted by atomic mass is 10.0. The Morgan fingerprint density at radius 1 is 1.44 bits per heavy atom. The van der Waals surface area contributed by atoms with Gasteiger partial charge < -0.3 is 5.32 Å². The fourth-order valence-electron chi connectivity index (χ4n) is 1.67. The predicted molar refractivity (Wildman–Crippen MR) is 64.7 cm³/mol. The Kier molecular flexibility index (Phi) is 5.52. The molecular weight excluding hydrogens is 198 g/mol. The number of hydrogen-bond acceptors (Lipinski definition) is 3. The predicted octanol–water partition coefficient (Wildman–Crippen LogP) is 2.48. The van der Waals surface area contributed by atoms with Crippen molar-refractivity contribution in [2.24, 2.45) is 5.92 Å². The Morgan fingerprint density at radius 2 is 2.19 bits per heavy atom. The summed E-state index contributed by atoms with van der Waals surface area (Å²) in [5, 5.41) is 12.3. The van der Waals surface area contributed by atoms with E-state index in [2.05, 4.69) is 30.2 Å². The van der Waals surface area contributed by atoms with Crippen LogP contribution >= 0.6 is 0 Å². The van der Waals surface area contributed by atoms with Gasteiger partial charge in [0.25, 0.3) is 0 Å². The average Bonchev–Trinajstić information content (AvgIpc) is 2.35. The van der Waals surface area contributed by atoms with Crippen LogP contribution in [-0.4, -0.2) is 11.5 Å². The molecule has 0 bridgehead atoms. The second-order valence-electron chi connectivity index (χ2n) is 3.94. The zero-order valence-corrected chi connectivity index (χ0v) is 10.0. The zero-order chi connectivity index (χ0) is 11.8. The maximum absolute atomic E-state index is 8.88. The van der Waals surface area contributed by atoms with E-state index >= 15 is 0 Å². The van der Waals surface area contributed by atoms with Gasteiger partial charge in [0, 0.05) is 18.3 Å². The van der Waals surface area contributed by atoms with Crippen LogP contribution in [0.15, 0.2) is 18.3 Å². The molecule has 0 saturated carbocycles. The van der Waals surface area contributed by atoms with Gasteiger partial charge in [0.15, 0.2) is 0 Å². The number of rotatable bonds is 6. The first-order valence-corrected chi connectivity index (χ1v) is 5.86. The van der Waals surface area contributed by atoms with Gasteiger partial charge in [-0.2, -0.15) is 5.26 Å². The summed E-state index contributed by atoms with van der Waals surface area (Å²) in [5.74, 6) is 0.724. The molecule has 0 amide bonds. The van der Waals surface area contributed by atoms with Gasteiger partial charge in [-0.3, -0.25) is 0 Å². The van der Waals surface area contributed by atoms with Gasteiger partial charge >= 0.3 is 0 Å². The Hall–Kier alpha value is -1.40.